The highest BCUT2D eigenvalue weighted by Crippen LogP contribution is 2.30. The number of pyridine rings is 1. The quantitative estimate of drug-likeness (QED) is 0.537. The van der Waals surface area contributed by atoms with Crippen LogP contribution in [0.4, 0.5) is 10.1 Å². The number of nitrogens with one attached hydrogen (secondary N) is 1. The maximum Gasteiger partial charge on any atom is 0.258 e. The minimum absolute atomic E-state index is 0.192. The largest absolute Gasteiger partial charge is 0.344 e. The summed E-state index contributed by atoms with van der Waals surface area (Å²) in [6, 6.07) is 13.4. The van der Waals surface area contributed by atoms with E-state index in [0.29, 0.717) is 33.4 Å². The molecule has 2 amide bonds. The molecule has 164 valence electrons. The number of rotatable bonds is 4. The summed E-state index contributed by atoms with van der Waals surface area (Å²) >= 11 is 12.1. The Balaban J connectivity index is 1.54. The molecule has 1 N–H and O–H groups in total. The maximum absolute atomic E-state index is 13.1. The summed E-state index contributed by atoms with van der Waals surface area (Å²) in [7, 11) is 0. The lowest BCUT2D eigenvalue weighted by atomic mass is 10.0. The molecule has 1 unspecified atom stereocenters. The molecule has 0 saturated carbocycles. The molecule has 0 saturated heterocycles. The van der Waals surface area contributed by atoms with Crippen LogP contribution in [0.2, 0.25) is 10.0 Å². The van der Waals surface area contributed by atoms with Crippen molar-refractivity contribution in [3.8, 4) is 0 Å². The second kappa shape index (κ2) is 9.27. The molecule has 0 bridgehead atoms. The number of benzene rings is 2. The Morgan fingerprint density at radius 1 is 1.03 bits per heavy atom. The molecule has 8 heteroatoms. The van der Waals surface area contributed by atoms with Crippen molar-refractivity contribution in [2.45, 2.75) is 25.8 Å². The monoisotopic (exact) mass is 471 g/mol. The second-order valence-corrected chi connectivity index (χ2v) is 8.50. The number of halogens is 3. The summed E-state index contributed by atoms with van der Waals surface area (Å²) < 4.78 is 13.1. The van der Waals surface area contributed by atoms with Crippen LogP contribution in [0, 0.1) is 5.82 Å². The Labute approximate surface area is 195 Å². The summed E-state index contributed by atoms with van der Waals surface area (Å²) in [5.74, 6) is -0.903. The van der Waals surface area contributed by atoms with E-state index in [9.17, 15) is 14.0 Å². The zero-order chi connectivity index (χ0) is 22.8. The molecular formula is C24H20Cl2FN3O2. The van der Waals surface area contributed by atoms with Gasteiger partial charge in [-0.15, -0.1) is 0 Å². The van der Waals surface area contributed by atoms with E-state index < -0.39 is 5.82 Å². The van der Waals surface area contributed by atoms with Crippen LogP contribution in [0.15, 0.2) is 54.6 Å². The molecule has 3 aromatic rings. The molecule has 1 aliphatic rings. The lowest BCUT2D eigenvalue weighted by Crippen LogP contribution is -2.36. The van der Waals surface area contributed by atoms with Crippen molar-refractivity contribution in [2.75, 3.05) is 11.4 Å². The van der Waals surface area contributed by atoms with Crippen molar-refractivity contribution in [3.63, 3.8) is 0 Å². The molecule has 2 heterocycles. The van der Waals surface area contributed by atoms with E-state index in [1.807, 2.05) is 13.0 Å². The molecule has 1 aliphatic heterocycles. The van der Waals surface area contributed by atoms with E-state index in [-0.39, 0.29) is 17.9 Å². The lowest BCUT2D eigenvalue weighted by Gasteiger charge is -2.29. The van der Waals surface area contributed by atoms with Gasteiger partial charge in [-0.25, -0.2) is 4.39 Å². The number of aryl methyl sites for hydroxylation is 1. The summed E-state index contributed by atoms with van der Waals surface area (Å²) in [6.07, 6.45) is 1.49. The number of fused-ring (bicyclic) bond motifs is 1. The Hall–Kier alpha value is -2.96. The van der Waals surface area contributed by atoms with Crippen LogP contribution in [0.3, 0.4) is 0 Å². The van der Waals surface area contributed by atoms with Crippen LogP contribution in [-0.2, 0) is 6.42 Å². The first-order valence-corrected chi connectivity index (χ1v) is 10.9. The number of hydrogen-bond donors (Lipinski definition) is 1. The molecule has 5 nitrogen and oxygen atoms in total. The van der Waals surface area contributed by atoms with Crippen molar-refractivity contribution >= 4 is 40.7 Å². The summed E-state index contributed by atoms with van der Waals surface area (Å²) in [6.45, 7) is 2.39. The van der Waals surface area contributed by atoms with Gasteiger partial charge in [-0.3, -0.25) is 14.6 Å². The van der Waals surface area contributed by atoms with Gasteiger partial charge < -0.3 is 10.2 Å². The molecule has 0 radical (unpaired) electrons. The van der Waals surface area contributed by atoms with Gasteiger partial charge >= 0.3 is 0 Å². The molecule has 0 fully saturated rings. The minimum Gasteiger partial charge on any atom is -0.344 e. The third kappa shape index (κ3) is 4.76. The van der Waals surface area contributed by atoms with Gasteiger partial charge in [0, 0.05) is 27.7 Å². The van der Waals surface area contributed by atoms with Gasteiger partial charge in [-0.1, -0.05) is 23.2 Å². The Kier molecular flexibility index (Phi) is 6.44. The highest BCUT2D eigenvalue weighted by molar-refractivity contribution is 6.35. The highest BCUT2D eigenvalue weighted by atomic mass is 35.5. The molecule has 1 aromatic heterocycles. The highest BCUT2D eigenvalue weighted by Gasteiger charge is 2.26. The van der Waals surface area contributed by atoms with Crippen LogP contribution in [0.1, 0.15) is 51.5 Å². The molecule has 0 aliphatic carbocycles. The zero-order valence-electron chi connectivity index (χ0n) is 17.2. The predicted octanol–water partition coefficient (Wildman–Crippen LogP) is 5.61. The van der Waals surface area contributed by atoms with Crippen molar-refractivity contribution in [3.05, 3.63) is 93.0 Å². The van der Waals surface area contributed by atoms with Crippen molar-refractivity contribution in [1.82, 2.24) is 10.3 Å². The average molecular weight is 472 g/mol. The van der Waals surface area contributed by atoms with Gasteiger partial charge in [0.2, 0.25) is 0 Å². The fourth-order valence-corrected chi connectivity index (χ4v) is 4.23. The van der Waals surface area contributed by atoms with E-state index >= 15 is 0 Å². The standard InChI is InChI=1S/C24H20Cl2FN3O2/c1-14(28-23(31)15-4-6-19(27)7-5-15)20-8-9-22-21(29-20)3-2-10-30(22)24(32)16-11-17(25)13-18(26)12-16/h4-9,11-14H,2-3,10H2,1H3,(H,28,31). The fraction of sp³-hybridized carbons (Fsp3) is 0.208. The summed E-state index contributed by atoms with van der Waals surface area (Å²) in [5.41, 5.74) is 2.99. The zero-order valence-corrected chi connectivity index (χ0v) is 18.8. The number of hydrogen-bond acceptors (Lipinski definition) is 3. The third-order valence-electron chi connectivity index (χ3n) is 5.31. The van der Waals surface area contributed by atoms with E-state index in [4.69, 9.17) is 28.2 Å². The number of nitrogens with zero attached hydrogens (tertiary/aromatic N) is 2. The van der Waals surface area contributed by atoms with Gasteiger partial charge in [0.1, 0.15) is 5.82 Å². The number of anilines is 1. The first-order valence-electron chi connectivity index (χ1n) is 10.2. The van der Waals surface area contributed by atoms with Gasteiger partial charge in [-0.05, 0) is 74.4 Å². The van der Waals surface area contributed by atoms with Gasteiger partial charge in [0.25, 0.3) is 11.8 Å². The lowest BCUT2D eigenvalue weighted by molar-refractivity contribution is 0.0938. The van der Waals surface area contributed by atoms with Gasteiger partial charge in [0.05, 0.1) is 23.1 Å². The molecular weight excluding hydrogens is 452 g/mol. The van der Waals surface area contributed by atoms with Gasteiger partial charge in [0.15, 0.2) is 0 Å². The predicted molar refractivity (Wildman–Crippen MR) is 123 cm³/mol. The van der Waals surface area contributed by atoms with Crippen molar-refractivity contribution < 1.29 is 14.0 Å². The van der Waals surface area contributed by atoms with Crippen LogP contribution in [-0.4, -0.2) is 23.3 Å². The van der Waals surface area contributed by atoms with E-state index in [2.05, 4.69) is 5.32 Å². The van der Waals surface area contributed by atoms with Crippen molar-refractivity contribution in [2.24, 2.45) is 0 Å². The molecule has 32 heavy (non-hydrogen) atoms. The Bertz CT molecular complexity index is 1160. The molecule has 2 aromatic carbocycles. The number of carbonyl (C=O) groups is 2. The normalized spacial score (nSPS) is 13.9. The van der Waals surface area contributed by atoms with Crippen LogP contribution in [0.5, 0.6) is 0 Å². The average Bonchev–Trinajstić information content (AvgIpc) is 2.77. The van der Waals surface area contributed by atoms with Crippen molar-refractivity contribution in [1.29, 1.82) is 0 Å². The van der Waals surface area contributed by atoms with E-state index in [0.717, 1.165) is 24.2 Å². The second-order valence-electron chi connectivity index (χ2n) is 7.62. The molecule has 0 spiro atoms. The van der Waals surface area contributed by atoms with Crippen LogP contribution >= 0.6 is 23.2 Å². The summed E-state index contributed by atoms with van der Waals surface area (Å²) in [5, 5.41) is 3.68. The topological polar surface area (TPSA) is 62.3 Å². The number of aromatic nitrogens is 1. The maximum atomic E-state index is 13.1. The summed E-state index contributed by atoms with van der Waals surface area (Å²) in [4.78, 5) is 31.9. The Morgan fingerprint density at radius 2 is 1.72 bits per heavy atom. The van der Waals surface area contributed by atoms with Crippen LogP contribution < -0.4 is 10.2 Å². The number of carbonyl (C=O) groups excluding carboxylic acids is 2. The molecule has 4 rings (SSSR count). The van der Waals surface area contributed by atoms with Crippen LogP contribution in [0.25, 0.3) is 0 Å². The van der Waals surface area contributed by atoms with Gasteiger partial charge in [-0.2, -0.15) is 0 Å². The molecule has 1 atom stereocenters. The van der Waals surface area contributed by atoms with E-state index in [1.165, 1.54) is 24.3 Å². The Morgan fingerprint density at radius 3 is 2.41 bits per heavy atom. The third-order valence-corrected chi connectivity index (χ3v) is 5.75. The minimum atomic E-state index is -0.398. The smallest absolute Gasteiger partial charge is 0.258 e. The van der Waals surface area contributed by atoms with E-state index in [1.54, 1.807) is 29.2 Å². The SMILES string of the molecule is CC(NC(=O)c1ccc(F)cc1)c1ccc2c(n1)CCCN2C(=O)c1cc(Cl)cc(Cl)c1. The fourth-order valence-electron chi connectivity index (χ4n) is 3.71. The first kappa shape index (κ1) is 22.2. The number of amides is 2. The first-order chi connectivity index (χ1) is 15.3.